The predicted octanol–water partition coefficient (Wildman–Crippen LogP) is 3.74. The van der Waals surface area contributed by atoms with Crippen LogP contribution < -0.4 is 4.74 Å². The molecule has 22 heavy (non-hydrogen) atoms. The van der Waals surface area contributed by atoms with Crippen LogP contribution in [0.1, 0.15) is 5.69 Å². The van der Waals surface area contributed by atoms with Crippen molar-refractivity contribution in [1.29, 1.82) is 0 Å². The molecule has 6 nitrogen and oxygen atoms in total. The average Bonchev–Trinajstić information content (AvgIpc) is 2.73. The van der Waals surface area contributed by atoms with Crippen molar-refractivity contribution in [2.75, 3.05) is 14.1 Å². The lowest BCUT2D eigenvalue weighted by Crippen LogP contribution is -2.25. The zero-order valence-electron chi connectivity index (χ0n) is 12.5. The van der Waals surface area contributed by atoms with Gasteiger partial charge in [-0.15, -0.1) is 0 Å². The summed E-state index contributed by atoms with van der Waals surface area (Å²) in [5.41, 5.74) is 1.97. The van der Waals surface area contributed by atoms with Gasteiger partial charge in [0.25, 0.3) is 0 Å². The summed E-state index contributed by atoms with van der Waals surface area (Å²) in [5.74, 6) is 0.109. The van der Waals surface area contributed by atoms with Crippen LogP contribution in [-0.4, -0.2) is 41.9 Å². The molecule has 0 saturated heterocycles. The Morgan fingerprint density at radius 1 is 1.45 bits per heavy atom. The molecule has 0 atom stereocenters. The summed E-state index contributed by atoms with van der Waals surface area (Å²) < 4.78 is 5.33. The minimum atomic E-state index is -0.552. The molecular weight excluding hydrogens is 306 g/mol. The van der Waals surface area contributed by atoms with Crippen LogP contribution in [0.3, 0.4) is 0 Å². The number of hydrogen-bond donors (Lipinski definition) is 2. The molecule has 0 fully saturated rings. The molecule has 0 aliphatic heterocycles. The lowest BCUT2D eigenvalue weighted by atomic mass is 10.1. The Balaban J connectivity index is 2.56. The topological polar surface area (TPSA) is 77.9 Å². The summed E-state index contributed by atoms with van der Waals surface area (Å²) in [5, 5.41) is 10.5. The number of carbonyl (C=O) groups is 1. The van der Waals surface area contributed by atoms with Crippen molar-refractivity contribution in [3.8, 4) is 22.8 Å². The number of amides is 1. The third kappa shape index (κ3) is 2.92. The maximum absolute atomic E-state index is 11.8. The number of aromatic hydroxyl groups is 1. The highest BCUT2D eigenvalue weighted by molar-refractivity contribution is 6.33. The van der Waals surface area contributed by atoms with Crippen LogP contribution in [0.4, 0.5) is 10.5 Å². The Labute approximate surface area is 133 Å². The van der Waals surface area contributed by atoms with Crippen LogP contribution in [0.5, 0.6) is 11.6 Å². The molecule has 0 saturated carbocycles. The fourth-order valence-electron chi connectivity index (χ4n) is 1.95. The monoisotopic (exact) mass is 321 g/mol. The van der Waals surface area contributed by atoms with Gasteiger partial charge in [-0.25, -0.2) is 4.79 Å². The Morgan fingerprint density at radius 3 is 2.68 bits per heavy atom. The number of aromatic nitrogens is 1. The number of nitrogens with one attached hydrogen (secondary N) is 1. The molecule has 0 aliphatic rings. The van der Waals surface area contributed by atoms with Gasteiger partial charge in [0.2, 0.25) is 5.88 Å². The van der Waals surface area contributed by atoms with E-state index in [0.29, 0.717) is 27.5 Å². The molecule has 1 heterocycles. The summed E-state index contributed by atoms with van der Waals surface area (Å²) >= 11 is 6.23. The van der Waals surface area contributed by atoms with Gasteiger partial charge in [0.15, 0.2) is 5.75 Å². The molecular formula is C15H16ClN3O3. The fraction of sp³-hybridized carbons (Fsp3) is 0.200. The van der Waals surface area contributed by atoms with Crippen molar-refractivity contribution in [3.05, 3.63) is 28.9 Å². The van der Waals surface area contributed by atoms with Crippen LogP contribution in [0.2, 0.25) is 5.02 Å². The Hall–Kier alpha value is -2.47. The van der Waals surface area contributed by atoms with Gasteiger partial charge in [0.1, 0.15) is 0 Å². The largest absolute Gasteiger partial charge is 0.494 e. The van der Waals surface area contributed by atoms with Crippen LogP contribution in [0.25, 0.3) is 11.1 Å². The number of H-pyrrole nitrogens is 1. The summed E-state index contributed by atoms with van der Waals surface area (Å²) in [7, 11) is 3.14. The number of ether oxygens (including phenoxy) is 1. The third-order valence-electron chi connectivity index (χ3n) is 3.07. The van der Waals surface area contributed by atoms with Gasteiger partial charge in [-0.1, -0.05) is 17.7 Å². The first-order valence-corrected chi connectivity index (χ1v) is 6.80. The van der Waals surface area contributed by atoms with Crippen LogP contribution in [-0.2, 0) is 0 Å². The van der Waals surface area contributed by atoms with E-state index in [9.17, 15) is 9.90 Å². The number of aryl methyl sites for hydroxylation is 1. The Kier molecular flexibility index (Phi) is 4.42. The number of carbonyl (C=O) groups excluding carboxylic acids is 1. The standard InChI is InChI=1S/C15H16ClN3O3/c1-8-13(22-15(21)19(3)4)12(14(20)18-8)10-6-5-9(17-2)7-11(10)16/h5-7,18,20H,2H2,1,3-4H3. The molecule has 2 rings (SSSR count). The third-order valence-corrected chi connectivity index (χ3v) is 3.38. The van der Waals surface area contributed by atoms with Crippen molar-refractivity contribution < 1.29 is 14.6 Å². The molecule has 2 N–H and O–H groups in total. The van der Waals surface area contributed by atoms with E-state index in [1.54, 1.807) is 39.2 Å². The number of aliphatic imine (C=N–C) groups is 1. The van der Waals surface area contributed by atoms with E-state index in [0.717, 1.165) is 0 Å². The van der Waals surface area contributed by atoms with Crippen LogP contribution >= 0.6 is 11.6 Å². The zero-order chi connectivity index (χ0) is 16.4. The van der Waals surface area contributed by atoms with Gasteiger partial charge < -0.3 is 19.7 Å². The molecule has 0 spiro atoms. The predicted molar refractivity (Wildman–Crippen MR) is 86.6 cm³/mol. The second-order valence-electron chi connectivity index (χ2n) is 4.89. The molecule has 2 aromatic rings. The highest BCUT2D eigenvalue weighted by Crippen LogP contribution is 2.44. The van der Waals surface area contributed by atoms with Crippen molar-refractivity contribution in [3.63, 3.8) is 0 Å². The molecule has 0 aliphatic carbocycles. The first kappa shape index (κ1) is 15.9. The maximum Gasteiger partial charge on any atom is 0.414 e. The van der Waals surface area contributed by atoms with E-state index >= 15 is 0 Å². The van der Waals surface area contributed by atoms with Crippen molar-refractivity contribution >= 4 is 30.1 Å². The number of rotatable bonds is 3. The number of benzene rings is 1. The van der Waals surface area contributed by atoms with E-state index in [-0.39, 0.29) is 11.6 Å². The summed E-state index contributed by atoms with van der Waals surface area (Å²) in [6.45, 7) is 5.12. The Bertz CT molecular complexity index is 738. The molecule has 0 bridgehead atoms. The van der Waals surface area contributed by atoms with Gasteiger partial charge in [0, 0.05) is 19.7 Å². The minimum absolute atomic E-state index is 0.125. The second kappa shape index (κ2) is 6.11. The van der Waals surface area contributed by atoms with Gasteiger partial charge in [0.05, 0.1) is 22.0 Å². The Morgan fingerprint density at radius 2 is 2.14 bits per heavy atom. The SMILES string of the molecule is C=Nc1ccc(-c2c(O)[nH]c(C)c2OC(=O)N(C)C)c(Cl)c1. The second-order valence-corrected chi connectivity index (χ2v) is 5.29. The van der Waals surface area contributed by atoms with E-state index in [2.05, 4.69) is 16.7 Å². The minimum Gasteiger partial charge on any atom is -0.494 e. The van der Waals surface area contributed by atoms with Crippen molar-refractivity contribution in [2.45, 2.75) is 6.92 Å². The zero-order valence-corrected chi connectivity index (χ0v) is 13.2. The number of halogens is 1. The highest BCUT2D eigenvalue weighted by atomic mass is 35.5. The smallest absolute Gasteiger partial charge is 0.414 e. The van der Waals surface area contributed by atoms with E-state index in [1.165, 1.54) is 4.90 Å². The summed E-state index contributed by atoms with van der Waals surface area (Å²) in [6, 6.07) is 5.00. The van der Waals surface area contributed by atoms with E-state index in [1.807, 2.05) is 0 Å². The van der Waals surface area contributed by atoms with Gasteiger partial charge in [-0.3, -0.25) is 4.99 Å². The van der Waals surface area contributed by atoms with Gasteiger partial charge in [-0.2, -0.15) is 0 Å². The quantitative estimate of drug-likeness (QED) is 0.845. The first-order chi connectivity index (χ1) is 10.3. The van der Waals surface area contributed by atoms with Gasteiger partial charge >= 0.3 is 6.09 Å². The fourth-order valence-corrected chi connectivity index (χ4v) is 2.22. The van der Waals surface area contributed by atoms with Crippen LogP contribution in [0, 0.1) is 6.92 Å². The molecule has 1 aromatic carbocycles. The first-order valence-electron chi connectivity index (χ1n) is 6.42. The molecule has 0 unspecified atom stereocenters. The lowest BCUT2D eigenvalue weighted by Gasteiger charge is -2.13. The molecule has 116 valence electrons. The van der Waals surface area contributed by atoms with Gasteiger partial charge in [-0.05, 0) is 25.8 Å². The van der Waals surface area contributed by atoms with Crippen molar-refractivity contribution in [1.82, 2.24) is 9.88 Å². The summed E-state index contributed by atoms with van der Waals surface area (Å²) in [6.07, 6.45) is -0.552. The summed E-state index contributed by atoms with van der Waals surface area (Å²) in [4.78, 5) is 19.6. The molecule has 7 heteroatoms. The molecule has 0 radical (unpaired) electrons. The van der Waals surface area contributed by atoms with Crippen LogP contribution in [0.15, 0.2) is 23.2 Å². The van der Waals surface area contributed by atoms with Crippen molar-refractivity contribution in [2.24, 2.45) is 4.99 Å². The average molecular weight is 322 g/mol. The normalized spacial score (nSPS) is 10.4. The highest BCUT2D eigenvalue weighted by Gasteiger charge is 2.23. The maximum atomic E-state index is 11.8. The van der Waals surface area contributed by atoms with E-state index in [4.69, 9.17) is 16.3 Å². The molecule has 1 amide bonds. The number of hydrogen-bond acceptors (Lipinski definition) is 4. The van der Waals surface area contributed by atoms with E-state index < -0.39 is 6.09 Å². The molecule has 1 aromatic heterocycles. The number of nitrogens with zero attached hydrogens (tertiary/aromatic N) is 2. The number of aromatic amines is 1. The lowest BCUT2D eigenvalue weighted by molar-refractivity contribution is 0.172.